The van der Waals surface area contributed by atoms with Crippen LogP contribution in [0, 0.1) is 10.1 Å². The second kappa shape index (κ2) is 7.01. The number of amides is 2. The summed E-state index contributed by atoms with van der Waals surface area (Å²) >= 11 is 3.20. The molecule has 0 spiro atoms. The van der Waals surface area contributed by atoms with Gasteiger partial charge < -0.3 is 10.6 Å². The molecule has 2 amide bonds. The number of anilines is 2. The third-order valence-electron chi connectivity index (χ3n) is 2.87. The van der Waals surface area contributed by atoms with Gasteiger partial charge in [0.15, 0.2) is 0 Å². The molecule has 2 N–H and O–H groups in total. The number of nitro groups is 1. The monoisotopic (exact) mass is 377 g/mol. The van der Waals surface area contributed by atoms with Gasteiger partial charge in [-0.2, -0.15) is 0 Å². The Morgan fingerprint density at radius 3 is 2.13 bits per heavy atom. The zero-order chi connectivity index (χ0) is 17.0. The maximum Gasteiger partial charge on any atom is 0.270 e. The van der Waals surface area contributed by atoms with E-state index in [9.17, 15) is 19.7 Å². The van der Waals surface area contributed by atoms with Gasteiger partial charge in [0, 0.05) is 34.9 Å². The van der Waals surface area contributed by atoms with E-state index in [-0.39, 0.29) is 17.2 Å². The highest BCUT2D eigenvalue weighted by molar-refractivity contribution is 9.10. The summed E-state index contributed by atoms with van der Waals surface area (Å²) in [6, 6.07) is 10.5. The van der Waals surface area contributed by atoms with Crippen molar-refractivity contribution in [3.8, 4) is 0 Å². The molecule has 2 aromatic carbocycles. The van der Waals surface area contributed by atoms with Crippen molar-refractivity contribution in [1.29, 1.82) is 0 Å². The Morgan fingerprint density at radius 2 is 1.61 bits per heavy atom. The molecule has 0 aliphatic rings. The lowest BCUT2D eigenvalue weighted by molar-refractivity contribution is -0.384. The molecule has 0 saturated heterocycles. The van der Waals surface area contributed by atoms with E-state index < -0.39 is 10.8 Å². The van der Waals surface area contributed by atoms with E-state index in [2.05, 4.69) is 26.6 Å². The fourth-order valence-corrected chi connectivity index (χ4v) is 2.27. The van der Waals surface area contributed by atoms with Gasteiger partial charge in [-0.1, -0.05) is 0 Å². The Labute approximate surface area is 140 Å². The normalized spacial score (nSPS) is 10.0. The molecular weight excluding hydrogens is 366 g/mol. The van der Waals surface area contributed by atoms with Crippen molar-refractivity contribution < 1.29 is 14.5 Å². The van der Waals surface area contributed by atoms with Crippen molar-refractivity contribution in [2.75, 3.05) is 10.6 Å². The number of non-ortho nitro benzene ring substituents is 1. The van der Waals surface area contributed by atoms with Crippen LogP contribution in [0.25, 0.3) is 0 Å². The summed E-state index contributed by atoms with van der Waals surface area (Å²) < 4.78 is 0.454. The van der Waals surface area contributed by atoms with Crippen LogP contribution < -0.4 is 10.6 Å². The standard InChI is InChI=1S/C15H12BrN3O4/c1-9(20)17-10-2-4-11(5-3-10)18-15(21)13-8-12(19(22)23)6-7-14(13)16/h2-8H,1H3,(H,17,20)(H,18,21). The van der Waals surface area contributed by atoms with Gasteiger partial charge in [0.2, 0.25) is 5.91 Å². The molecule has 0 atom stereocenters. The molecule has 0 fully saturated rings. The summed E-state index contributed by atoms with van der Waals surface area (Å²) in [5.41, 5.74) is 1.10. The van der Waals surface area contributed by atoms with Crippen molar-refractivity contribution in [1.82, 2.24) is 0 Å². The summed E-state index contributed by atoms with van der Waals surface area (Å²) in [7, 11) is 0. The van der Waals surface area contributed by atoms with Crippen LogP contribution in [0.5, 0.6) is 0 Å². The van der Waals surface area contributed by atoms with Gasteiger partial charge in [-0.05, 0) is 46.3 Å². The summed E-state index contributed by atoms with van der Waals surface area (Å²) in [6.45, 7) is 1.40. The molecule has 2 rings (SSSR count). The largest absolute Gasteiger partial charge is 0.326 e. The predicted octanol–water partition coefficient (Wildman–Crippen LogP) is 3.57. The van der Waals surface area contributed by atoms with Gasteiger partial charge in [0.25, 0.3) is 11.6 Å². The first kappa shape index (κ1) is 16.6. The molecule has 118 valence electrons. The first-order valence-corrected chi connectivity index (χ1v) is 7.29. The quantitative estimate of drug-likeness (QED) is 0.627. The molecule has 7 nitrogen and oxygen atoms in total. The van der Waals surface area contributed by atoms with E-state index in [0.29, 0.717) is 15.8 Å². The number of halogens is 1. The topological polar surface area (TPSA) is 101 Å². The third-order valence-corrected chi connectivity index (χ3v) is 3.56. The lowest BCUT2D eigenvalue weighted by Crippen LogP contribution is -2.13. The highest BCUT2D eigenvalue weighted by Crippen LogP contribution is 2.24. The number of rotatable bonds is 4. The van der Waals surface area contributed by atoms with Gasteiger partial charge in [0.05, 0.1) is 10.5 Å². The zero-order valence-electron chi connectivity index (χ0n) is 12.0. The SMILES string of the molecule is CC(=O)Nc1ccc(NC(=O)c2cc([N+](=O)[O-])ccc2Br)cc1. The number of nitrogens with one attached hydrogen (secondary N) is 2. The molecule has 23 heavy (non-hydrogen) atoms. The molecule has 0 bridgehead atoms. The van der Waals surface area contributed by atoms with Crippen LogP contribution in [0.15, 0.2) is 46.9 Å². The maximum atomic E-state index is 12.2. The zero-order valence-corrected chi connectivity index (χ0v) is 13.6. The molecule has 0 aliphatic carbocycles. The summed E-state index contributed by atoms with van der Waals surface area (Å²) in [5, 5.41) is 16.0. The lowest BCUT2D eigenvalue weighted by atomic mass is 10.2. The van der Waals surface area contributed by atoms with E-state index in [4.69, 9.17) is 0 Å². The van der Waals surface area contributed by atoms with Crippen molar-refractivity contribution in [3.63, 3.8) is 0 Å². The van der Waals surface area contributed by atoms with Crippen LogP contribution in [0.2, 0.25) is 0 Å². The number of carbonyl (C=O) groups is 2. The van der Waals surface area contributed by atoms with Gasteiger partial charge in [-0.15, -0.1) is 0 Å². The highest BCUT2D eigenvalue weighted by Gasteiger charge is 2.15. The Morgan fingerprint density at radius 1 is 1.04 bits per heavy atom. The van der Waals surface area contributed by atoms with Gasteiger partial charge in [-0.25, -0.2) is 0 Å². The number of carbonyl (C=O) groups excluding carboxylic acids is 2. The van der Waals surface area contributed by atoms with E-state index in [0.717, 1.165) is 0 Å². The van der Waals surface area contributed by atoms with Gasteiger partial charge in [-0.3, -0.25) is 19.7 Å². The number of nitrogens with zero attached hydrogens (tertiary/aromatic N) is 1. The third kappa shape index (κ3) is 4.36. The molecule has 0 aliphatic heterocycles. The van der Waals surface area contributed by atoms with Crippen molar-refractivity contribution >= 4 is 44.8 Å². The van der Waals surface area contributed by atoms with Crippen molar-refractivity contribution in [2.45, 2.75) is 6.92 Å². The maximum absolute atomic E-state index is 12.2. The van der Waals surface area contributed by atoms with Crippen LogP contribution in [0.1, 0.15) is 17.3 Å². The van der Waals surface area contributed by atoms with E-state index in [1.54, 1.807) is 24.3 Å². The molecule has 2 aromatic rings. The first-order chi connectivity index (χ1) is 10.9. The molecule has 0 radical (unpaired) electrons. The molecule has 0 heterocycles. The molecule has 8 heteroatoms. The van der Waals surface area contributed by atoms with Gasteiger partial charge >= 0.3 is 0 Å². The minimum absolute atomic E-state index is 0.158. The first-order valence-electron chi connectivity index (χ1n) is 6.50. The smallest absolute Gasteiger partial charge is 0.270 e. The second-order valence-electron chi connectivity index (χ2n) is 4.63. The Kier molecular flexibility index (Phi) is 5.07. The van der Waals surface area contributed by atoms with Crippen LogP contribution in [0.4, 0.5) is 17.1 Å². The van der Waals surface area contributed by atoms with Crippen LogP contribution in [-0.2, 0) is 4.79 Å². The minimum Gasteiger partial charge on any atom is -0.326 e. The summed E-state index contributed by atoms with van der Waals surface area (Å²) in [4.78, 5) is 33.4. The van der Waals surface area contributed by atoms with Gasteiger partial charge in [0.1, 0.15) is 0 Å². The van der Waals surface area contributed by atoms with Crippen molar-refractivity contribution in [2.24, 2.45) is 0 Å². The average molecular weight is 378 g/mol. The highest BCUT2D eigenvalue weighted by atomic mass is 79.9. The molecular formula is C15H12BrN3O4. The second-order valence-corrected chi connectivity index (χ2v) is 5.49. The van der Waals surface area contributed by atoms with E-state index in [1.807, 2.05) is 0 Å². The van der Waals surface area contributed by atoms with Crippen LogP contribution >= 0.6 is 15.9 Å². The predicted molar refractivity (Wildman–Crippen MR) is 89.5 cm³/mol. The van der Waals surface area contributed by atoms with Crippen molar-refractivity contribution in [3.05, 3.63) is 62.6 Å². The summed E-state index contributed by atoms with van der Waals surface area (Å²) in [6.07, 6.45) is 0. The lowest BCUT2D eigenvalue weighted by Gasteiger charge is -2.08. The summed E-state index contributed by atoms with van der Waals surface area (Å²) in [5.74, 6) is -0.671. The Balaban J connectivity index is 2.17. The van der Waals surface area contributed by atoms with Crippen LogP contribution in [0.3, 0.4) is 0 Å². The molecule has 0 saturated carbocycles. The Hall–Kier alpha value is -2.74. The van der Waals surface area contributed by atoms with Crippen LogP contribution in [-0.4, -0.2) is 16.7 Å². The number of nitro benzene ring substituents is 1. The number of hydrogen-bond acceptors (Lipinski definition) is 4. The fraction of sp³-hybridized carbons (Fsp3) is 0.0667. The number of benzene rings is 2. The fourth-order valence-electron chi connectivity index (χ4n) is 1.84. The number of hydrogen-bond donors (Lipinski definition) is 2. The Bertz CT molecular complexity index is 775. The average Bonchev–Trinajstić information content (AvgIpc) is 2.48. The molecule has 0 unspecified atom stereocenters. The molecule has 0 aromatic heterocycles. The minimum atomic E-state index is -0.564. The van der Waals surface area contributed by atoms with E-state index in [1.165, 1.54) is 25.1 Å². The van der Waals surface area contributed by atoms with E-state index >= 15 is 0 Å².